The average Bonchev–Trinajstić information content (AvgIpc) is 2.98. The Kier molecular flexibility index (Phi) is 17.0. The number of hydrogen-bond acceptors (Lipinski definition) is 2. The minimum absolute atomic E-state index is 0.408. The highest BCUT2D eigenvalue weighted by Crippen LogP contribution is 2.34. The van der Waals surface area contributed by atoms with E-state index in [1.807, 2.05) is 0 Å². The molecule has 2 aromatic carbocycles. The molecule has 0 radical (unpaired) electrons. The van der Waals surface area contributed by atoms with Gasteiger partial charge in [0.15, 0.2) is 0 Å². The quantitative estimate of drug-likeness (QED) is 0.139. The molecule has 0 amide bonds. The van der Waals surface area contributed by atoms with Gasteiger partial charge in [0.1, 0.15) is 0 Å². The van der Waals surface area contributed by atoms with Crippen molar-refractivity contribution in [3.63, 3.8) is 0 Å². The molecule has 40 heavy (non-hydrogen) atoms. The molecule has 0 aromatic heterocycles. The van der Waals surface area contributed by atoms with Gasteiger partial charge in [-0.1, -0.05) is 147 Å². The lowest BCUT2D eigenvalue weighted by Crippen LogP contribution is -2.31. The SMILES string of the molecule is CCCCCCCCCCCN(CCCCCCCCCCC)C[C@H](O)c1cc2c(c3ccccc13)CCCC2. The Morgan fingerprint density at radius 2 is 1.10 bits per heavy atom. The normalized spacial score (nSPS) is 14.2. The molecule has 1 N–H and O–H groups in total. The monoisotopic (exact) mass is 549 g/mol. The van der Waals surface area contributed by atoms with E-state index in [2.05, 4.69) is 49.1 Å². The van der Waals surface area contributed by atoms with Crippen LogP contribution in [0, 0.1) is 0 Å². The minimum Gasteiger partial charge on any atom is -0.387 e. The van der Waals surface area contributed by atoms with Crippen molar-refractivity contribution < 1.29 is 5.11 Å². The summed E-state index contributed by atoms with van der Waals surface area (Å²) in [5, 5.41) is 14.3. The molecule has 0 unspecified atom stereocenters. The van der Waals surface area contributed by atoms with Crippen molar-refractivity contribution in [1.29, 1.82) is 0 Å². The second-order valence-corrected chi connectivity index (χ2v) is 12.8. The number of nitrogens with zero attached hydrogens (tertiary/aromatic N) is 1. The predicted molar refractivity (Wildman–Crippen MR) is 176 cm³/mol. The number of hydrogen-bond donors (Lipinski definition) is 1. The molecular weight excluding hydrogens is 486 g/mol. The van der Waals surface area contributed by atoms with Crippen LogP contribution in [0.2, 0.25) is 0 Å². The van der Waals surface area contributed by atoms with Crippen LogP contribution in [0.1, 0.15) is 165 Å². The van der Waals surface area contributed by atoms with Crippen molar-refractivity contribution in [1.82, 2.24) is 4.90 Å². The van der Waals surface area contributed by atoms with Crippen LogP contribution >= 0.6 is 0 Å². The maximum absolute atomic E-state index is 11.6. The van der Waals surface area contributed by atoms with Crippen LogP contribution in [0.5, 0.6) is 0 Å². The maximum Gasteiger partial charge on any atom is 0.0923 e. The van der Waals surface area contributed by atoms with Gasteiger partial charge in [-0.05, 0) is 79.1 Å². The number of rotatable bonds is 23. The van der Waals surface area contributed by atoms with Gasteiger partial charge >= 0.3 is 0 Å². The molecule has 1 atom stereocenters. The van der Waals surface area contributed by atoms with Crippen LogP contribution in [-0.2, 0) is 12.8 Å². The maximum atomic E-state index is 11.6. The molecule has 2 heteroatoms. The number of aliphatic hydroxyl groups is 1. The summed E-state index contributed by atoms with van der Waals surface area (Å²) in [6, 6.07) is 11.2. The number of benzene rings is 2. The summed E-state index contributed by atoms with van der Waals surface area (Å²) < 4.78 is 0. The van der Waals surface area contributed by atoms with Crippen molar-refractivity contribution in [3.05, 3.63) is 47.0 Å². The second kappa shape index (κ2) is 20.5. The first kappa shape index (κ1) is 33.1. The fourth-order valence-electron chi connectivity index (χ4n) is 6.86. The van der Waals surface area contributed by atoms with Crippen LogP contribution in [0.3, 0.4) is 0 Å². The Bertz CT molecular complexity index is 899. The zero-order valence-electron chi connectivity index (χ0n) is 26.5. The smallest absolute Gasteiger partial charge is 0.0923 e. The molecule has 226 valence electrons. The lowest BCUT2D eigenvalue weighted by atomic mass is 9.84. The summed E-state index contributed by atoms with van der Waals surface area (Å²) in [4.78, 5) is 2.60. The molecule has 0 spiro atoms. The van der Waals surface area contributed by atoms with Gasteiger partial charge in [-0.15, -0.1) is 0 Å². The first-order chi connectivity index (χ1) is 19.7. The molecule has 1 aliphatic rings. The van der Waals surface area contributed by atoms with Gasteiger partial charge in [0.05, 0.1) is 6.10 Å². The highest BCUT2D eigenvalue weighted by atomic mass is 16.3. The van der Waals surface area contributed by atoms with E-state index < -0.39 is 6.10 Å². The molecule has 1 aliphatic carbocycles. The zero-order valence-corrected chi connectivity index (χ0v) is 26.5. The number of aryl methyl sites for hydroxylation is 2. The Hall–Kier alpha value is -1.38. The summed E-state index contributed by atoms with van der Waals surface area (Å²) in [7, 11) is 0. The minimum atomic E-state index is -0.408. The summed E-state index contributed by atoms with van der Waals surface area (Å²) in [6.45, 7) is 7.63. The molecule has 2 nitrogen and oxygen atoms in total. The molecule has 0 fully saturated rings. The standard InChI is InChI=1S/C38H63NO/c1-3-5-7-9-11-13-15-17-23-29-39(30-24-18-16-14-12-10-8-6-4-2)32-38(40)37-31-33-25-19-20-26-34(33)35-27-21-22-28-36(35)37/h21-22,27-28,31,38,40H,3-20,23-26,29-30,32H2,1-2H3/t38-/m0/s1. The molecule has 3 rings (SSSR count). The van der Waals surface area contributed by atoms with E-state index in [0.29, 0.717) is 0 Å². The van der Waals surface area contributed by atoms with Crippen LogP contribution < -0.4 is 0 Å². The van der Waals surface area contributed by atoms with Crippen LogP contribution in [-0.4, -0.2) is 29.6 Å². The van der Waals surface area contributed by atoms with Crippen molar-refractivity contribution in [3.8, 4) is 0 Å². The number of fused-ring (bicyclic) bond motifs is 3. The van der Waals surface area contributed by atoms with Gasteiger partial charge < -0.3 is 10.0 Å². The topological polar surface area (TPSA) is 23.5 Å². The third-order valence-corrected chi connectivity index (χ3v) is 9.35. The molecule has 0 heterocycles. The average molecular weight is 550 g/mol. The Morgan fingerprint density at radius 1 is 0.625 bits per heavy atom. The van der Waals surface area contributed by atoms with E-state index in [1.54, 1.807) is 5.56 Å². The molecule has 2 aromatic rings. The molecule has 0 bridgehead atoms. The van der Waals surface area contributed by atoms with Crippen molar-refractivity contribution >= 4 is 10.8 Å². The Morgan fingerprint density at radius 3 is 1.65 bits per heavy atom. The fraction of sp³-hybridized carbons (Fsp3) is 0.737. The summed E-state index contributed by atoms with van der Waals surface area (Å²) in [6.07, 6.45) is 29.2. The highest BCUT2D eigenvalue weighted by Gasteiger charge is 2.20. The van der Waals surface area contributed by atoms with Gasteiger partial charge in [0, 0.05) is 6.54 Å². The van der Waals surface area contributed by atoms with Crippen molar-refractivity contribution in [2.24, 2.45) is 0 Å². The Balaban J connectivity index is 1.52. The summed E-state index contributed by atoms with van der Waals surface area (Å²) >= 11 is 0. The second-order valence-electron chi connectivity index (χ2n) is 12.8. The lowest BCUT2D eigenvalue weighted by molar-refractivity contribution is 0.111. The van der Waals surface area contributed by atoms with E-state index in [1.165, 1.54) is 163 Å². The van der Waals surface area contributed by atoms with Gasteiger partial charge in [0.25, 0.3) is 0 Å². The largest absolute Gasteiger partial charge is 0.387 e. The zero-order chi connectivity index (χ0) is 28.3. The van der Waals surface area contributed by atoms with Crippen molar-refractivity contribution in [2.45, 2.75) is 161 Å². The van der Waals surface area contributed by atoms with Gasteiger partial charge in [0.2, 0.25) is 0 Å². The van der Waals surface area contributed by atoms with E-state index in [4.69, 9.17) is 0 Å². The van der Waals surface area contributed by atoms with E-state index in [9.17, 15) is 5.11 Å². The fourth-order valence-corrected chi connectivity index (χ4v) is 6.86. The predicted octanol–water partition coefficient (Wildman–Crippen LogP) is 11.1. The van der Waals surface area contributed by atoms with Crippen LogP contribution in [0.25, 0.3) is 10.8 Å². The van der Waals surface area contributed by atoms with E-state index in [0.717, 1.165) is 19.6 Å². The molecular formula is C38H63NO. The van der Waals surface area contributed by atoms with Crippen LogP contribution in [0.15, 0.2) is 30.3 Å². The molecule has 0 saturated heterocycles. The third kappa shape index (κ3) is 11.8. The highest BCUT2D eigenvalue weighted by molar-refractivity contribution is 5.90. The van der Waals surface area contributed by atoms with Gasteiger partial charge in [-0.2, -0.15) is 0 Å². The Labute approximate surface area is 248 Å². The van der Waals surface area contributed by atoms with Gasteiger partial charge in [-0.25, -0.2) is 0 Å². The van der Waals surface area contributed by atoms with E-state index >= 15 is 0 Å². The first-order valence-electron chi connectivity index (χ1n) is 17.7. The summed E-state index contributed by atoms with van der Waals surface area (Å²) in [5.41, 5.74) is 4.20. The van der Waals surface area contributed by atoms with E-state index in [-0.39, 0.29) is 0 Å². The first-order valence-corrected chi connectivity index (χ1v) is 17.7. The lowest BCUT2D eigenvalue weighted by Gasteiger charge is -2.27. The number of aliphatic hydroxyl groups excluding tert-OH is 1. The molecule has 0 aliphatic heterocycles. The molecule has 0 saturated carbocycles. The van der Waals surface area contributed by atoms with Gasteiger partial charge in [-0.3, -0.25) is 0 Å². The third-order valence-electron chi connectivity index (χ3n) is 9.35. The number of unbranched alkanes of at least 4 members (excludes halogenated alkanes) is 16. The van der Waals surface area contributed by atoms with Crippen LogP contribution in [0.4, 0.5) is 0 Å². The summed E-state index contributed by atoms with van der Waals surface area (Å²) in [5.74, 6) is 0. The van der Waals surface area contributed by atoms with Crippen molar-refractivity contribution in [2.75, 3.05) is 19.6 Å².